The molecule has 1 aromatic heterocycles. The quantitative estimate of drug-likeness (QED) is 0.830. The SMILES string of the molecule is O=C(/C=C/c1ccco1)NC[C@@H](O)c1ccc(C(F)(F)F)cc1. The maximum Gasteiger partial charge on any atom is 0.416 e. The molecule has 2 rings (SSSR count). The Morgan fingerprint density at radius 3 is 2.52 bits per heavy atom. The van der Waals surface area contributed by atoms with E-state index in [2.05, 4.69) is 5.32 Å². The van der Waals surface area contributed by atoms with Crippen LogP contribution in [0.2, 0.25) is 0 Å². The van der Waals surface area contributed by atoms with Gasteiger partial charge in [0.25, 0.3) is 0 Å². The van der Waals surface area contributed by atoms with Crippen LogP contribution < -0.4 is 5.32 Å². The molecule has 4 nitrogen and oxygen atoms in total. The van der Waals surface area contributed by atoms with Crippen LogP contribution in [-0.2, 0) is 11.0 Å². The van der Waals surface area contributed by atoms with Gasteiger partial charge in [0.05, 0.1) is 17.9 Å². The molecule has 23 heavy (non-hydrogen) atoms. The molecule has 2 aromatic rings. The monoisotopic (exact) mass is 325 g/mol. The zero-order valence-electron chi connectivity index (χ0n) is 11.9. The molecule has 7 heteroatoms. The molecule has 1 amide bonds. The molecule has 0 radical (unpaired) electrons. The fourth-order valence-electron chi connectivity index (χ4n) is 1.81. The number of nitrogens with one attached hydrogen (secondary N) is 1. The van der Waals surface area contributed by atoms with Gasteiger partial charge in [0.1, 0.15) is 5.76 Å². The van der Waals surface area contributed by atoms with Gasteiger partial charge in [0.15, 0.2) is 0 Å². The summed E-state index contributed by atoms with van der Waals surface area (Å²) < 4.78 is 42.3. The van der Waals surface area contributed by atoms with Crippen LogP contribution in [0, 0.1) is 0 Å². The van der Waals surface area contributed by atoms with E-state index in [1.807, 2.05) is 0 Å². The first-order valence-corrected chi connectivity index (χ1v) is 6.71. The summed E-state index contributed by atoms with van der Waals surface area (Å²) in [6.07, 6.45) is -1.36. The first kappa shape index (κ1) is 16.8. The van der Waals surface area contributed by atoms with Crippen molar-refractivity contribution in [2.24, 2.45) is 0 Å². The Bertz CT molecular complexity index is 661. The first-order valence-electron chi connectivity index (χ1n) is 6.71. The molecule has 1 aromatic carbocycles. The highest BCUT2D eigenvalue weighted by atomic mass is 19.4. The summed E-state index contributed by atoms with van der Waals surface area (Å²) >= 11 is 0. The molecule has 122 valence electrons. The topological polar surface area (TPSA) is 62.5 Å². The Labute approximate surface area is 130 Å². The van der Waals surface area contributed by atoms with Crippen LogP contribution in [0.5, 0.6) is 0 Å². The largest absolute Gasteiger partial charge is 0.465 e. The molecule has 0 bridgehead atoms. The normalized spacial score (nSPS) is 13.2. The molecule has 1 atom stereocenters. The number of alkyl halides is 3. The summed E-state index contributed by atoms with van der Waals surface area (Å²) in [7, 11) is 0. The molecule has 1 heterocycles. The molecule has 0 spiro atoms. The van der Waals surface area contributed by atoms with E-state index >= 15 is 0 Å². The van der Waals surface area contributed by atoms with Crippen molar-refractivity contribution in [1.29, 1.82) is 0 Å². The van der Waals surface area contributed by atoms with Crippen molar-refractivity contribution in [3.05, 3.63) is 65.6 Å². The minimum Gasteiger partial charge on any atom is -0.465 e. The van der Waals surface area contributed by atoms with Crippen LogP contribution in [0.25, 0.3) is 6.08 Å². The third-order valence-corrected chi connectivity index (χ3v) is 3.03. The molecule has 0 aliphatic rings. The zero-order valence-corrected chi connectivity index (χ0v) is 11.9. The number of aliphatic hydroxyl groups is 1. The van der Waals surface area contributed by atoms with E-state index in [4.69, 9.17) is 4.42 Å². The number of rotatable bonds is 5. The van der Waals surface area contributed by atoms with Crippen molar-refractivity contribution in [3.8, 4) is 0 Å². The predicted molar refractivity (Wildman–Crippen MR) is 77.2 cm³/mol. The van der Waals surface area contributed by atoms with Crippen LogP contribution >= 0.6 is 0 Å². The number of halogens is 3. The number of aliphatic hydroxyl groups excluding tert-OH is 1. The molecule has 2 N–H and O–H groups in total. The van der Waals surface area contributed by atoms with Gasteiger partial charge in [0.2, 0.25) is 5.91 Å². The Balaban J connectivity index is 1.87. The van der Waals surface area contributed by atoms with Gasteiger partial charge in [-0.3, -0.25) is 4.79 Å². The lowest BCUT2D eigenvalue weighted by atomic mass is 10.1. The molecule has 0 fully saturated rings. The molecule has 0 aliphatic carbocycles. The van der Waals surface area contributed by atoms with Crippen LogP contribution in [0.1, 0.15) is 23.0 Å². The number of hydrogen-bond acceptors (Lipinski definition) is 3. The Kier molecular flexibility index (Phi) is 5.23. The van der Waals surface area contributed by atoms with Gasteiger partial charge in [-0.2, -0.15) is 13.2 Å². The fourth-order valence-corrected chi connectivity index (χ4v) is 1.81. The number of carbonyl (C=O) groups excluding carboxylic acids is 1. The second-order valence-electron chi connectivity index (χ2n) is 4.73. The maximum absolute atomic E-state index is 12.4. The lowest BCUT2D eigenvalue weighted by Crippen LogP contribution is -2.26. The van der Waals surface area contributed by atoms with E-state index in [1.165, 1.54) is 30.5 Å². The summed E-state index contributed by atoms with van der Waals surface area (Å²) in [5, 5.41) is 12.3. The number of carbonyl (C=O) groups is 1. The van der Waals surface area contributed by atoms with Crippen molar-refractivity contribution in [3.63, 3.8) is 0 Å². The van der Waals surface area contributed by atoms with Crippen LogP contribution in [-0.4, -0.2) is 17.6 Å². The van der Waals surface area contributed by atoms with E-state index in [0.717, 1.165) is 12.1 Å². The van der Waals surface area contributed by atoms with Gasteiger partial charge in [0, 0.05) is 12.6 Å². The number of furan rings is 1. The third kappa shape index (κ3) is 5.00. The molecule has 0 aliphatic heterocycles. The van der Waals surface area contributed by atoms with Gasteiger partial charge < -0.3 is 14.8 Å². The van der Waals surface area contributed by atoms with E-state index in [9.17, 15) is 23.1 Å². The number of hydrogen-bond donors (Lipinski definition) is 2. The lowest BCUT2D eigenvalue weighted by Gasteiger charge is -2.13. The molecular formula is C16H14F3NO3. The Hall–Kier alpha value is -2.54. The van der Waals surface area contributed by atoms with Gasteiger partial charge in [-0.05, 0) is 35.9 Å². The van der Waals surface area contributed by atoms with Crippen molar-refractivity contribution in [1.82, 2.24) is 5.32 Å². The zero-order chi connectivity index (χ0) is 16.9. The van der Waals surface area contributed by atoms with Crippen molar-refractivity contribution in [2.45, 2.75) is 12.3 Å². The smallest absolute Gasteiger partial charge is 0.416 e. The molecule has 0 saturated heterocycles. The van der Waals surface area contributed by atoms with Crippen LogP contribution in [0.15, 0.2) is 53.2 Å². The average Bonchev–Trinajstić information content (AvgIpc) is 3.03. The van der Waals surface area contributed by atoms with Crippen molar-refractivity contribution in [2.75, 3.05) is 6.54 Å². The van der Waals surface area contributed by atoms with Gasteiger partial charge in [-0.15, -0.1) is 0 Å². The molecule has 0 unspecified atom stereocenters. The van der Waals surface area contributed by atoms with Crippen molar-refractivity contribution >= 4 is 12.0 Å². The van der Waals surface area contributed by atoms with E-state index < -0.39 is 23.8 Å². The van der Waals surface area contributed by atoms with E-state index in [0.29, 0.717) is 5.76 Å². The highest BCUT2D eigenvalue weighted by Crippen LogP contribution is 2.29. The summed E-state index contributed by atoms with van der Waals surface area (Å²) in [5.41, 5.74) is -0.507. The Morgan fingerprint density at radius 1 is 1.26 bits per heavy atom. The van der Waals surface area contributed by atoms with Gasteiger partial charge >= 0.3 is 6.18 Å². The minimum atomic E-state index is -4.42. The van der Waals surface area contributed by atoms with Crippen LogP contribution in [0.3, 0.4) is 0 Å². The van der Waals surface area contributed by atoms with Crippen molar-refractivity contribution < 1.29 is 27.5 Å². The lowest BCUT2D eigenvalue weighted by molar-refractivity contribution is -0.137. The van der Waals surface area contributed by atoms with Gasteiger partial charge in [-0.1, -0.05) is 12.1 Å². The molecule has 0 saturated carbocycles. The maximum atomic E-state index is 12.4. The fraction of sp³-hybridized carbons (Fsp3) is 0.188. The standard InChI is InChI=1S/C16H14F3NO3/c17-16(18,19)12-5-3-11(4-6-12)14(21)10-20-15(22)8-7-13-2-1-9-23-13/h1-9,14,21H,10H2,(H,20,22)/b8-7+/t14-/m1/s1. The summed E-state index contributed by atoms with van der Waals surface area (Å²) in [6, 6.07) is 7.47. The number of benzene rings is 1. The highest BCUT2D eigenvalue weighted by molar-refractivity contribution is 5.91. The molecular weight excluding hydrogens is 311 g/mol. The average molecular weight is 325 g/mol. The Morgan fingerprint density at radius 2 is 1.96 bits per heavy atom. The van der Waals surface area contributed by atoms with E-state index in [1.54, 1.807) is 12.1 Å². The predicted octanol–water partition coefficient (Wildman–Crippen LogP) is 3.16. The summed E-state index contributed by atoms with van der Waals surface area (Å²) in [4.78, 5) is 11.6. The first-order chi connectivity index (χ1) is 10.9. The second-order valence-corrected chi connectivity index (χ2v) is 4.73. The number of amides is 1. The third-order valence-electron chi connectivity index (χ3n) is 3.03. The van der Waals surface area contributed by atoms with Crippen LogP contribution in [0.4, 0.5) is 13.2 Å². The van der Waals surface area contributed by atoms with E-state index in [-0.39, 0.29) is 12.1 Å². The highest BCUT2D eigenvalue weighted by Gasteiger charge is 2.30. The van der Waals surface area contributed by atoms with Gasteiger partial charge in [-0.25, -0.2) is 0 Å². The second kappa shape index (κ2) is 7.15. The summed E-state index contributed by atoms with van der Waals surface area (Å²) in [5.74, 6) is 0.0517. The summed E-state index contributed by atoms with van der Waals surface area (Å²) in [6.45, 7) is -0.118. The minimum absolute atomic E-state index is 0.118.